The van der Waals surface area contributed by atoms with Crippen LogP contribution in [0.3, 0.4) is 0 Å². The van der Waals surface area contributed by atoms with Gasteiger partial charge in [-0.1, -0.05) is 64.5 Å². The van der Waals surface area contributed by atoms with Crippen molar-refractivity contribution in [1.29, 1.82) is 0 Å². The molecule has 0 spiro atoms. The lowest BCUT2D eigenvalue weighted by atomic mass is 10.1. The minimum absolute atomic E-state index is 0.561. The van der Waals surface area contributed by atoms with Gasteiger partial charge in [0.15, 0.2) is 0 Å². The molecule has 0 radical (unpaired) electrons. The SMILES string of the molecule is Brc1cccc2c1C=CC2S1(C2C=CC=C2)#CCC1. The maximum Gasteiger partial charge on any atom is 0.0430 e. The highest BCUT2D eigenvalue weighted by Gasteiger charge is 2.35. The Kier molecular flexibility index (Phi) is 2.66. The van der Waals surface area contributed by atoms with Crippen molar-refractivity contribution in [3.05, 3.63) is 64.2 Å². The summed E-state index contributed by atoms with van der Waals surface area (Å²) in [6.45, 7) is 0. The summed E-state index contributed by atoms with van der Waals surface area (Å²) in [6.07, 6.45) is 15.0. The van der Waals surface area contributed by atoms with E-state index in [0.29, 0.717) is 10.5 Å². The molecule has 3 aliphatic rings. The molecule has 1 aromatic rings. The number of allylic oxidation sites excluding steroid dienone is 2. The Labute approximate surface area is 123 Å². The highest BCUT2D eigenvalue weighted by Crippen LogP contribution is 2.61. The molecule has 0 aromatic heterocycles. The molecule has 2 heteroatoms. The highest BCUT2D eigenvalue weighted by atomic mass is 79.9. The predicted octanol–water partition coefficient (Wildman–Crippen LogP) is 5.18. The lowest BCUT2D eigenvalue weighted by Crippen LogP contribution is -2.18. The van der Waals surface area contributed by atoms with Gasteiger partial charge in [-0.05, 0) is 22.9 Å². The zero-order chi connectivity index (χ0) is 12.9. The van der Waals surface area contributed by atoms with Crippen molar-refractivity contribution in [3.63, 3.8) is 0 Å². The van der Waals surface area contributed by atoms with Gasteiger partial charge in [-0.3, -0.25) is 0 Å². The van der Waals surface area contributed by atoms with E-state index >= 15 is 0 Å². The van der Waals surface area contributed by atoms with Crippen LogP contribution >= 0.6 is 25.4 Å². The van der Waals surface area contributed by atoms with Gasteiger partial charge in [0.2, 0.25) is 0 Å². The fraction of sp³-hybridized carbons (Fsp3) is 0.235. The van der Waals surface area contributed by atoms with Gasteiger partial charge in [0.1, 0.15) is 0 Å². The van der Waals surface area contributed by atoms with E-state index in [1.54, 1.807) is 0 Å². The molecule has 4 rings (SSSR count). The van der Waals surface area contributed by atoms with E-state index in [1.807, 2.05) is 0 Å². The first-order valence-corrected chi connectivity index (χ1v) is 9.38. The molecule has 96 valence electrons. The molecule has 0 bridgehead atoms. The summed E-state index contributed by atoms with van der Waals surface area (Å²) in [7, 11) is -0.815. The van der Waals surface area contributed by atoms with Crippen LogP contribution in [0.15, 0.2) is 53.1 Å². The number of rotatable bonds is 0. The summed E-state index contributed by atoms with van der Waals surface area (Å²) in [6, 6.07) is 6.59. The van der Waals surface area contributed by atoms with Crippen LogP contribution in [0.1, 0.15) is 22.8 Å². The maximum atomic E-state index is 3.82. The first kappa shape index (κ1) is 11.8. The number of halogens is 1. The van der Waals surface area contributed by atoms with Crippen LogP contribution in [0.2, 0.25) is 0 Å². The summed E-state index contributed by atoms with van der Waals surface area (Å²) >= 11 is 3.67. The minimum Gasteiger partial charge on any atom is -0.167 e. The Morgan fingerprint density at radius 3 is 2.63 bits per heavy atom. The summed E-state index contributed by atoms with van der Waals surface area (Å²) in [5, 5.41) is 4.98. The standard InChI is InChI=1S/C17H15BrS/c18-16-8-3-7-15-14(16)9-10-17(15)19(11-4-12-19)13-5-1-2-6-13/h1-3,5-10,13,17H,4,11H2. The second kappa shape index (κ2) is 4.28. The average molecular weight is 331 g/mol. The van der Waals surface area contributed by atoms with Crippen LogP contribution in [-0.4, -0.2) is 11.0 Å². The molecule has 0 fully saturated rings. The number of fused-ring (bicyclic) bond motifs is 1. The van der Waals surface area contributed by atoms with E-state index in [4.69, 9.17) is 0 Å². The molecule has 0 saturated carbocycles. The largest absolute Gasteiger partial charge is 0.167 e. The fourth-order valence-electron chi connectivity index (χ4n) is 3.28. The third-order valence-corrected chi connectivity index (χ3v) is 9.21. The molecule has 1 aromatic carbocycles. The van der Waals surface area contributed by atoms with Gasteiger partial charge in [-0.15, -0.1) is 5.18 Å². The van der Waals surface area contributed by atoms with Gasteiger partial charge in [0, 0.05) is 21.4 Å². The van der Waals surface area contributed by atoms with E-state index in [9.17, 15) is 0 Å². The Hall–Kier alpha value is -0.950. The lowest BCUT2D eigenvalue weighted by Gasteiger charge is -2.39. The minimum atomic E-state index is -0.815. The second-order valence-electron chi connectivity index (χ2n) is 5.20. The van der Waals surface area contributed by atoms with Crippen LogP contribution in [0, 0.1) is 5.18 Å². The van der Waals surface area contributed by atoms with E-state index in [2.05, 4.69) is 75.8 Å². The zero-order valence-corrected chi connectivity index (χ0v) is 13.0. The molecule has 1 aliphatic heterocycles. The summed E-state index contributed by atoms with van der Waals surface area (Å²) in [5.41, 5.74) is 2.87. The molecular formula is C17H15BrS. The van der Waals surface area contributed by atoms with E-state index < -0.39 is 9.44 Å². The molecule has 19 heavy (non-hydrogen) atoms. The van der Waals surface area contributed by atoms with Crippen LogP contribution < -0.4 is 0 Å². The number of benzene rings is 1. The molecule has 2 unspecified atom stereocenters. The maximum absolute atomic E-state index is 3.82. The molecule has 0 saturated heterocycles. The van der Waals surface area contributed by atoms with E-state index in [1.165, 1.54) is 27.8 Å². The number of hydrogen-bond donors (Lipinski definition) is 0. The molecular weight excluding hydrogens is 316 g/mol. The van der Waals surface area contributed by atoms with Gasteiger partial charge in [-0.25, -0.2) is 0 Å². The topological polar surface area (TPSA) is 0 Å². The van der Waals surface area contributed by atoms with Crippen molar-refractivity contribution in [2.75, 3.05) is 5.75 Å². The van der Waals surface area contributed by atoms with Crippen molar-refractivity contribution in [3.8, 4) is 5.18 Å². The second-order valence-corrected chi connectivity index (χ2v) is 9.51. The van der Waals surface area contributed by atoms with Crippen LogP contribution in [0.4, 0.5) is 0 Å². The van der Waals surface area contributed by atoms with Gasteiger partial charge < -0.3 is 0 Å². The van der Waals surface area contributed by atoms with Crippen LogP contribution in [-0.2, 0) is 0 Å². The summed E-state index contributed by atoms with van der Waals surface area (Å²) < 4.78 is 1.22. The Morgan fingerprint density at radius 1 is 1.16 bits per heavy atom. The average Bonchev–Trinajstić information content (AvgIpc) is 2.99. The normalized spacial score (nSPS) is 30.9. The Bertz CT molecular complexity index is 740. The Morgan fingerprint density at radius 2 is 1.95 bits per heavy atom. The molecule has 2 atom stereocenters. The molecule has 0 nitrogen and oxygen atoms in total. The van der Waals surface area contributed by atoms with Crippen molar-refractivity contribution >= 4 is 31.4 Å². The van der Waals surface area contributed by atoms with Crippen LogP contribution in [0.25, 0.3) is 6.08 Å². The fourth-order valence-corrected chi connectivity index (χ4v) is 7.47. The van der Waals surface area contributed by atoms with E-state index in [0.717, 1.165) is 0 Å². The molecule has 1 heterocycles. The van der Waals surface area contributed by atoms with Crippen molar-refractivity contribution in [1.82, 2.24) is 0 Å². The lowest BCUT2D eigenvalue weighted by molar-refractivity contribution is 1.14. The van der Waals surface area contributed by atoms with Gasteiger partial charge in [0.05, 0.1) is 0 Å². The molecule has 0 amide bonds. The summed E-state index contributed by atoms with van der Waals surface area (Å²) in [5.74, 6) is 1.33. The third kappa shape index (κ3) is 1.61. The summed E-state index contributed by atoms with van der Waals surface area (Å²) in [4.78, 5) is 0. The number of hydrogen-bond acceptors (Lipinski definition) is 0. The van der Waals surface area contributed by atoms with E-state index in [-0.39, 0.29) is 0 Å². The highest BCUT2D eigenvalue weighted by molar-refractivity contribution is 9.10. The van der Waals surface area contributed by atoms with Gasteiger partial charge in [0.25, 0.3) is 0 Å². The van der Waals surface area contributed by atoms with Crippen molar-refractivity contribution in [2.45, 2.75) is 16.9 Å². The molecule has 2 aliphatic carbocycles. The smallest absolute Gasteiger partial charge is 0.0430 e. The van der Waals surface area contributed by atoms with Crippen molar-refractivity contribution in [2.24, 2.45) is 0 Å². The predicted molar refractivity (Wildman–Crippen MR) is 88.9 cm³/mol. The quantitative estimate of drug-likeness (QED) is 0.614. The van der Waals surface area contributed by atoms with Gasteiger partial charge in [-0.2, -0.15) is 9.44 Å². The van der Waals surface area contributed by atoms with Crippen LogP contribution in [0.5, 0.6) is 0 Å². The molecule has 0 N–H and O–H groups in total. The first-order chi connectivity index (χ1) is 9.31. The Balaban J connectivity index is 1.86. The zero-order valence-electron chi connectivity index (χ0n) is 10.6. The first-order valence-electron chi connectivity index (χ1n) is 6.66. The van der Waals surface area contributed by atoms with Crippen molar-refractivity contribution < 1.29 is 0 Å². The third-order valence-electron chi connectivity index (χ3n) is 4.29. The van der Waals surface area contributed by atoms with Gasteiger partial charge >= 0.3 is 0 Å². The monoisotopic (exact) mass is 330 g/mol.